The van der Waals surface area contributed by atoms with Crippen LogP contribution in [0.15, 0.2) is 66.9 Å². The van der Waals surface area contributed by atoms with Gasteiger partial charge in [-0.15, -0.1) is 0 Å². The number of anilines is 2. The van der Waals surface area contributed by atoms with Crippen LogP contribution in [-0.4, -0.2) is 42.0 Å². The Balaban J connectivity index is 1.34. The van der Waals surface area contributed by atoms with Crippen LogP contribution in [0, 0.1) is 11.6 Å². The van der Waals surface area contributed by atoms with Gasteiger partial charge in [-0.1, -0.05) is 24.3 Å². The summed E-state index contributed by atoms with van der Waals surface area (Å²) < 4.78 is 27.2. The van der Waals surface area contributed by atoms with E-state index < -0.39 is 11.7 Å². The van der Waals surface area contributed by atoms with Crippen LogP contribution < -0.4 is 10.2 Å². The van der Waals surface area contributed by atoms with Crippen molar-refractivity contribution in [2.75, 3.05) is 36.4 Å². The monoisotopic (exact) mass is 422 g/mol. The highest BCUT2D eigenvalue weighted by Crippen LogP contribution is 2.18. The van der Waals surface area contributed by atoms with Gasteiger partial charge in [-0.2, -0.15) is 0 Å². The normalized spacial score (nSPS) is 14.8. The molecule has 1 N–H and O–H groups in total. The lowest BCUT2D eigenvalue weighted by Gasteiger charge is -2.23. The Morgan fingerprint density at radius 1 is 0.968 bits per heavy atom. The van der Waals surface area contributed by atoms with Gasteiger partial charge in [0.1, 0.15) is 17.5 Å². The summed E-state index contributed by atoms with van der Waals surface area (Å²) in [6, 6.07) is 16.2. The quantitative estimate of drug-likeness (QED) is 0.665. The van der Waals surface area contributed by atoms with Crippen LogP contribution in [0.5, 0.6) is 0 Å². The number of amides is 1. The topological polar surface area (TPSA) is 48.5 Å². The zero-order valence-electron chi connectivity index (χ0n) is 17.1. The number of hydrogen-bond donors (Lipinski definition) is 1. The molecule has 1 aliphatic heterocycles. The Kier molecular flexibility index (Phi) is 6.52. The van der Waals surface area contributed by atoms with Crippen molar-refractivity contribution in [1.29, 1.82) is 0 Å². The average molecular weight is 422 g/mol. The van der Waals surface area contributed by atoms with Crippen LogP contribution >= 0.6 is 0 Å². The maximum absolute atomic E-state index is 13.8. The Morgan fingerprint density at radius 3 is 2.61 bits per heavy atom. The summed E-state index contributed by atoms with van der Waals surface area (Å²) >= 11 is 0. The molecule has 0 aliphatic carbocycles. The smallest absolute Gasteiger partial charge is 0.258 e. The fraction of sp³-hybridized carbons (Fsp3) is 0.250. The van der Waals surface area contributed by atoms with Gasteiger partial charge in [-0.25, -0.2) is 13.8 Å². The zero-order chi connectivity index (χ0) is 21.6. The second kappa shape index (κ2) is 9.66. The van der Waals surface area contributed by atoms with E-state index in [-0.39, 0.29) is 11.4 Å². The third kappa shape index (κ3) is 5.44. The first-order chi connectivity index (χ1) is 15.1. The highest BCUT2D eigenvalue weighted by atomic mass is 19.1. The summed E-state index contributed by atoms with van der Waals surface area (Å²) in [5, 5.41) is 2.68. The maximum Gasteiger partial charge on any atom is 0.258 e. The van der Waals surface area contributed by atoms with E-state index in [1.165, 1.54) is 18.2 Å². The van der Waals surface area contributed by atoms with Gasteiger partial charge in [-0.05, 0) is 48.4 Å². The number of aromatic nitrogens is 1. The third-order valence-corrected chi connectivity index (χ3v) is 5.33. The molecule has 0 bridgehead atoms. The molecule has 0 atom stereocenters. The van der Waals surface area contributed by atoms with E-state index in [1.54, 1.807) is 36.5 Å². The molecule has 1 amide bonds. The first-order valence-electron chi connectivity index (χ1n) is 10.3. The van der Waals surface area contributed by atoms with E-state index in [4.69, 9.17) is 0 Å². The fourth-order valence-corrected chi connectivity index (χ4v) is 3.74. The number of nitrogens with one attached hydrogen (secondary N) is 1. The van der Waals surface area contributed by atoms with Crippen LogP contribution in [-0.2, 0) is 6.54 Å². The lowest BCUT2D eigenvalue weighted by molar-refractivity contribution is 0.102. The number of benzene rings is 2. The van der Waals surface area contributed by atoms with Crippen molar-refractivity contribution in [3.05, 3.63) is 89.6 Å². The predicted molar refractivity (Wildman–Crippen MR) is 117 cm³/mol. The summed E-state index contributed by atoms with van der Waals surface area (Å²) in [6.07, 6.45) is 2.56. The minimum Gasteiger partial charge on any atom is -0.355 e. The average Bonchev–Trinajstić information content (AvgIpc) is 3.00. The van der Waals surface area contributed by atoms with Crippen LogP contribution in [0.3, 0.4) is 0 Å². The van der Waals surface area contributed by atoms with Crippen molar-refractivity contribution >= 4 is 17.4 Å². The number of halogens is 2. The van der Waals surface area contributed by atoms with Crippen molar-refractivity contribution in [3.63, 3.8) is 0 Å². The molecular formula is C24H24F2N4O. The van der Waals surface area contributed by atoms with E-state index in [1.807, 2.05) is 12.1 Å². The number of rotatable bonds is 5. The molecule has 0 radical (unpaired) electrons. The van der Waals surface area contributed by atoms with Gasteiger partial charge in [0.2, 0.25) is 0 Å². The summed E-state index contributed by atoms with van der Waals surface area (Å²) in [6.45, 7) is 4.19. The number of carbonyl (C=O) groups excluding carboxylic acids is 1. The standard InChI is InChI=1S/C24H24F2N4O/c25-19-6-3-5-18(15-19)17-29-11-4-12-30(14-13-29)23-10-9-20(16-27-23)28-24(31)21-7-1-2-8-22(21)26/h1-3,5-10,15-16H,4,11-14,17H2,(H,28,31). The van der Waals surface area contributed by atoms with Crippen molar-refractivity contribution in [2.45, 2.75) is 13.0 Å². The maximum atomic E-state index is 13.8. The van der Waals surface area contributed by atoms with Gasteiger partial charge in [-0.3, -0.25) is 9.69 Å². The number of nitrogens with zero attached hydrogens (tertiary/aromatic N) is 3. The molecule has 2 aromatic carbocycles. The minimum absolute atomic E-state index is 0.00233. The lowest BCUT2D eigenvalue weighted by atomic mass is 10.2. The molecule has 160 valence electrons. The molecule has 5 nitrogen and oxygen atoms in total. The molecule has 7 heteroatoms. The highest BCUT2D eigenvalue weighted by molar-refractivity contribution is 6.04. The first-order valence-corrected chi connectivity index (χ1v) is 10.3. The van der Waals surface area contributed by atoms with Gasteiger partial charge in [0, 0.05) is 32.7 Å². The SMILES string of the molecule is O=C(Nc1ccc(N2CCCN(Cc3cccc(F)c3)CC2)nc1)c1ccccc1F. The van der Waals surface area contributed by atoms with E-state index in [0.29, 0.717) is 5.69 Å². The molecule has 31 heavy (non-hydrogen) atoms. The number of pyridine rings is 1. The second-order valence-corrected chi connectivity index (χ2v) is 7.59. The summed E-state index contributed by atoms with van der Waals surface area (Å²) in [5.74, 6) is -0.441. The number of carbonyl (C=O) groups is 1. The largest absolute Gasteiger partial charge is 0.355 e. The van der Waals surface area contributed by atoms with E-state index >= 15 is 0 Å². The summed E-state index contributed by atoms with van der Waals surface area (Å²) in [5.41, 5.74) is 1.48. The van der Waals surface area contributed by atoms with Crippen LogP contribution in [0.4, 0.5) is 20.3 Å². The Labute approximate surface area is 180 Å². The molecule has 0 spiro atoms. The Bertz CT molecular complexity index is 1040. The predicted octanol–water partition coefficient (Wildman–Crippen LogP) is 4.32. The van der Waals surface area contributed by atoms with Crippen LogP contribution in [0.1, 0.15) is 22.3 Å². The molecule has 3 aromatic rings. The number of hydrogen-bond acceptors (Lipinski definition) is 4. The van der Waals surface area contributed by atoms with Crippen molar-refractivity contribution in [2.24, 2.45) is 0 Å². The molecule has 1 aromatic heterocycles. The zero-order valence-corrected chi connectivity index (χ0v) is 17.1. The van der Waals surface area contributed by atoms with E-state index in [9.17, 15) is 13.6 Å². The molecule has 0 unspecified atom stereocenters. The van der Waals surface area contributed by atoms with Crippen molar-refractivity contribution < 1.29 is 13.6 Å². The Hall–Kier alpha value is -3.32. The van der Waals surface area contributed by atoms with Gasteiger partial charge in [0.25, 0.3) is 5.91 Å². The van der Waals surface area contributed by atoms with Gasteiger partial charge in [0.05, 0.1) is 17.4 Å². The van der Waals surface area contributed by atoms with Crippen molar-refractivity contribution in [3.8, 4) is 0 Å². The molecule has 4 rings (SSSR count). The van der Waals surface area contributed by atoms with Gasteiger partial charge < -0.3 is 10.2 Å². The molecule has 1 fully saturated rings. The Morgan fingerprint density at radius 2 is 1.84 bits per heavy atom. The minimum atomic E-state index is -0.558. The fourth-order valence-electron chi connectivity index (χ4n) is 3.74. The first kappa shape index (κ1) is 20.9. The summed E-state index contributed by atoms with van der Waals surface area (Å²) in [4.78, 5) is 21.3. The molecule has 1 saturated heterocycles. The molecule has 0 saturated carbocycles. The van der Waals surface area contributed by atoms with Gasteiger partial charge >= 0.3 is 0 Å². The van der Waals surface area contributed by atoms with E-state index in [2.05, 4.69) is 20.1 Å². The summed E-state index contributed by atoms with van der Waals surface area (Å²) in [7, 11) is 0. The van der Waals surface area contributed by atoms with Crippen LogP contribution in [0.25, 0.3) is 0 Å². The second-order valence-electron chi connectivity index (χ2n) is 7.59. The van der Waals surface area contributed by atoms with Crippen LogP contribution in [0.2, 0.25) is 0 Å². The molecule has 1 aliphatic rings. The van der Waals surface area contributed by atoms with Crippen molar-refractivity contribution in [1.82, 2.24) is 9.88 Å². The third-order valence-electron chi connectivity index (χ3n) is 5.33. The highest BCUT2D eigenvalue weighted by Gasteiger charge is 2.17. The molecular weight excluding hydrogens is 398 g/mol. The van der Waals surface area contributed by atoms with E-state index in [0.717, 1.165) is 50.5 Å². The lowest BCUT2D eigenvalue weighted by Crippen LogP contribution is -2.31. The molecule has 2 heterocycles. The van der Waals surface area contributed by atoms with Gasteiger partial charge in [0.15, 0.2) is 0 Å².